The summed E-state index contributed by atoms with van der Waals surface area (Å²) in [5, 5.41) is 13.3. The molecule has 0 aliphatic rings. The summed E-state index contributed by atoms with van der Waals surface area (Å²) >= 11 is 13.2. The fourth-order valence-electron chi connectivity index (χ4n) is 1.88. The van der Waals surface area contributed by atoms with Crippen molar-refractivity contribution < 1.29 is 9.53 Å². The van der Waals surface area contributed by atoms with Gasteiger partial charge in [0, 0.05) is 9.90 Å². The number of carbonyl (C=O) groups excluding carboxylic acids is 1. The Bertz CT molecular complexity index is 796. The van der Waals surface area contributed by atoms with Gasteiger partial charge in [-0.2, -0.15) is 5.26 Å². The number of hydrogen-bond donors (Lipinski definition) is 1. The lowest BCUT2D eigenvalue weighted by atomic mass is 10.2. The maximum Gasteiger partial charge on any atom is 0.265 e. The summed E-state index contributed by atoms with van der Waals surface area (Å²) in [6.45, 7) is 5.37. The van der Waals surface area contributed by atoms with Gasteiger partial charge in [-0.15, -0.1) is 11.3 Å². The van der Waals surface area contributed by atoms with E-state index in [9.17, 15) is 10.1 Å². The third-order valence-electron chi connectivity index (χ3n) is 3.30. The SMILES string of the molecule is Cc1sc(NC(=O)[C@H](C)Oc2ccc(Cl)cc2Cl)c(C#N)c1C. The molecule has 23 heavy (non-hydrogen) atoms. The van der Waals surface area contributed by atoms with E-state index >= 15 is 0 Å². The minimum Gasteiger partial charge on any atom is -0.479 e. The highest BCUT2D eigenvalue weighted by molar-refractivity contribution is 7.16. The number of hydrogen-bond acceptors (Lipinski definition) is 4. The van der Waals surface area contributed by atoms with Gasteiger partial charge >= 0.3 is 0 Å². The summed E-state index contributed by atoms with van der Waals surface area (Å²) in [6, 6.07) is 6.90. The monoisotopic (exact) mass is 368 g/mol. The van der Waals surface area contributed by atoms with Crippen LogP contribution < -0.4 is 10.1 Å². The minimum absolute atomic E-state index is 0.331. The maximum atomic E-state index is 12.3. The van der Waals surface area contributed by atoms with Crippen LogP contribution in [0.2, 0.25) is 10.0 Å². The van der Waals surface area contributed by atoms with Crippen molar-refractivity contribution in [3.05, 3.63) is 44.2 Å². The fourth-order valence-corrected chi connectivity index (χ4v) is 3.34. The predicted molar refractivity (Wildman–Crippen MR) is 93.7 cm³/mol. The smallest absolute Gasteiger partial charge is 0.265 e. The number of nitrogens with zero attached hydrogens (tertiary/aromatic N) is 1. The molecule has 0 aliphatic carbocycles. The molecular weight excluding hydrogens is 355 g/mol. The van der Waals surface area contributed by atoms with Gasteiger partial charge in [0.25, 0.3) is 5.91 Å². The number of ether oxygens (including phenoxy) is 1. The van der Waals surface area contributed by atoms with Gasteiger partial charge in [0.05, 0.1) is 10.6 Å². The average molecular weight is 369 g/mol. The van der Waals surface area contributed by atoms with Crippen LogP contribution in [0.25, 0.3) is 0 Å². The summed E-state index contributed by atoms with van der Waals surface area (Å²) in [4.78, 5) is 13.3. The largest absolute Gasteiger partial charge is 0.479 e. The van der Waals surface area contributed by atoms with Gasteiger partial charge in [-0.1, -0.05) is 23.2 Å². The van der Waals surface area contributed by atoms with Gasteiger partial charge in [0.1, 0.15) is 16.8 Å². The number of aryl methyl sites for hydroxylation is 1. The number of thiophene rings is 1. The first kappa shape index (κ1) is 17.6. The van der Waals surface area contributed by atoms with Crippen molar-refractivity contribution in [1.29, 1.82) is 5.26 Å². The van der Waals surface area contributed by atoms with Crippen LogP contribution in [0.3, 0.4) is 0 Å². The Morgan fingerprint density at radius 1 is 1.39 bits per heavy atom. The van der Waals surface area contributed by atoms with Crippen LogP contribution in [-0.2, 0) is 4.79 Å². The second-order valence-electron chi connectivity index (χ2n) is 4.92. The third-order valence-corrected chi connectivity index (χ3v) is 4.95. The Morgan fingerprint density at radius 3 is 2.70 bits per heavy atom. The number of halogens is 2. The van der Waals surface area contributed by atoms with Crippen LogP contribution in [0.1, 0.15) is 22.9 Å². The molecular formula is C16H14Cl2N2O2S. The van der Waals surface area contributed by atoms with E-state index in [1.165, 1.54) is 11.3 Å². The molecule has 1 atom stereocenters. The molecule has 0 spiro atoms. The van der Waals surface area contributed by atoms with Gasteiger partial charge in [0.2, 0.25) is 0 Å². The quantitative estimate of drug-likeness (QED) is 0.830. The Balaban J connectivity index is 2.12. The van der Waals surface area contributed by atoms with Crippen LogP contribution >= 0.6 is 34.5 Å². The Morgan fingerprint density at radius 2 is 2.09 bits per heavy atom. The molecule has 0 radical (unpaired) electrons. The Kier molecular flexibility index (Phi) is 5.53. The van der Waals surface area contributed by atoms with Crippen molar-refractivity contribution in [2.75, 3.05) is 5.32 Å². The topological polar surface area (TPSA) is 62.1 Å². The van der Waals surface area contributed by atoms with Crippen molar-refractivity contribution in [3.8, 4) is 11.8 Å². The molecule has 1 aromatic carbocycles. The van der Waals surface area contributed by atoms with Gasteiger partial charge in [0.15, 0.2) is 6.10 Å². The van der Waals surface area contributed by atoms with Crippen LogP contribution in [0.5, 0.6) is 5.75 Å². The van der Waals surface area contributed by atoms with Gasteiger partial charge in [-0.05, 0) is 44.5 Å². The van der Waals surface area contributed by atoms with Crippen LogP contribution in [0, 0.1) is 25.2 Å². The molecule has 2 rings (SSSR count). The van der Waals surface area contributed by atoms with E-state index in [4.69, 9.17) is 27.9 Å². The molecule has 2 aromatic rings. The fraction of sp³-hybridized carbons (Fsp3) is 0.250. The minimum atomic E-state index is -0.775. The van der Waals surface area contributed by atoms with E-state index in [1.807, 2.05) is 13.8 Å². The van der Waals surface area contributed by atoms with Gasteiger partial charge in [-0.3, -0.25) is 4.79 Å². The normalized spacial score (nSPS) is 11.7. The van der Waals surface area contributed by atoms with Crippen LogP contribution in [0.4, 0.5) is 5.00 Å². The van der Waals surface area contributed by atoms with E-state index in [-0.39, 0.29) is 5.91 Å². The molecule has 1 heterocycles. The van der Waals surface area contributed by atoms with E-state index in [2.05, 4.69) is 11.4 Å². The first-order valence-corrected chi connectivity index (χ1v) is 8.33. The van der Waals surface area contributed by atoms with E-state index in [1.54, 1.807) is 25.1 Å². The zero-order valence-electron chi connectivity index (χ0n) is 12.7. The molecule has 7 heteroatoms. The highest BCUT2D eigenvalue weighted by atomic mass is 35.5. The average Bonchev–Trinajstić information content (AvgIpc) is 2.76. The summed E-state index contributed by atoms with van der Waals surface area (Å²) in [6.07, 6.45) is -0.775. The molecule has 0 saturated heterocycles. The summed E-state index contributed by atoms with van der Waals surface area (Å²) < 4.78 is 5.56. The second kappa shape index (κ2) is 7.22. The van der Waals surface area contributed by atoms with E-state index in [0.717, 1.165) is 10.4 Å². The van der Waals surface area contributed by atoms with Crippen molar-refractivity contribution >= 4 is 45.4 Å². The number of carbonyl (C=O) groups is 1. The number of amides is 1. The zero-order valence-corrected chi connectivity index (χ0v) is 15.1. The number of nitrogens with one attached hydrogen (secondary N) is 1. The second-order valence-corrected chi connectivity index (χ2v) is 6.99. The van der Waals surface area contributed by atoms with Crippen molar-refractivity contribution in [2.45, 2.75) is 26.9 Å². The number of nitriles is 1. The molecule has 1 N–H and O–H groups in total. The predicted octanol–water partition coefficient (Wildman–Crippen LogP) is 4.95. The van der Waals surface area contributed by atoms with Gasteiger partial charge in [-0.25, -0.2) is 0 Å². The molecule has 1 aromatic heterocycles. The zero-order chi connectivity index (χ0) is 17.1. The molecule has 1 amide bonds. The van der Waals surface area contributed by atoms with E-state index in [0.29, 0.717) is 26.4 Å². The molecule has 120 valence electrons. The summed E-state index contributed by atoms with van der Waals surface area (Å²) in [5.74, 6) is 0.0199. The molecule has 0 fully saturated rings. The first-order chi connectivity index (χ1) is 10.8. The van der Waals surface area contributed by atoms with Crippen molar-refractivity contribution in [3.63, 3.8) is 0 Å². The summed E-state index contributed by atoms with van der Waals surface area (Å²) in [7, 11) is 0. The Hall–Kier alpha value is -1.74. The molecule has 0 unspecified atom stereocenters. The number of benzene rings is 1. The lowest BCUT2D eigenvalue weighted by Gasteiger charge is -2.15. The van der Waals surface area contributed by atoms with Crippen molar-refractivity contribution in [2.24, 2.45) is 0 Å². The lowest BCUT2D eigenvalue weighted by molar-refractivity contribution is -0.122. The highest BCUT2D eigenvalue weighted by Gasteiger charge is 2.20. The summed E-state index contributed by atoms with van der Waals surface area (Å²) in [5.41, 5.74) is 1.36. The molecule has 0 bridgehead atoms. The van der Waals surface area contributed by atoms with Gasteiger partial charge < -0.3 is 10.1 Å². The Labute approximate surface area is 148 Å². The van der Waals surface area contributed by atoms with Crippen molar-refractivity contribution in [1.82, 2.24) is 0 Å². The molecule has 0 aliphatic heterocycles. The standard InChI is InChI=1S/C16H14Cl2N2O2S/c1-8-10(3)23-16(12(8)7-19)20-15(21)9(2)22-14-5-4-11(17)6-13(14)18/h4-6,9H,1-3H3,(H,20,21)/t9-/m0/s1. The molecule has 4 nitrogen and oxygen atoms in total. The van der Waals surface area contributed by atoms with Crippen LogP contribution in [0.15, 0.2) is 18.2 Å². The third kappa shape index (κ3) is 3.97. The maximum absolute atomic E-state index is 12.3. The first-order valence-electron chi connectivity index (χ1n) is 6.76. The highest BCUT2D eigenvalue weighted by Crippen LogP contribution is 2.32. The van der Waals surface area contributed by atoms with E-state index < -0.39 is 6.10 Å². The number of anilines is 1. The molecule has 0 saturated carbocycles. The van der Waals surface area contributed by atoms with Crippen LogP contribution in [-0.4, -0.2) is 12.0 Å². The number of rotatable bonds is 4. The lowest BCUT2D eigenvalue weighted by Crippen LogP contribution is -2.30.